The van der Waals surface area contributed by atoms with Crippen LogP contribution >= 0.6 is 11.1 Å². The Balaban J connectivity index is 3.10. The summed E-state index contributed by atoms with van der Waals surface area (Å²) in [5, 5.41) is 0.229. The fraction of sp³-hybridized carbons (Fsp3) is 0.400. The largest absolute Gasteiger partial charge is 0.175 e. The van der Waals surface area contributed by atoms with Crippen LogP contribution in [0, 0.1) is 6.92 Å². The normalized spacial score (nSPS) is 12.7. The Morgan fingerprint density at radius 1 is 1.25 bits per heavy atom. The third-order valence-electron chi connectivity index (χ3n) is 2.21. The minimum atomic E-state index is -0.506. The van der Waals surface area contributed by atoms with Gasteiger partial charge in [0.2, 0.25) is 0 Å². The van der Waals surface area contributed by atoms with Gasteiger partial charge >= 0.3 is 0 Å². The first-order valence-corrected chi connectivity index (χ1v) is 7.04. The fourth-order valence-corrected chi connectivity index (χ4v) is 2.38. The zero-order valence-electron chi connectivity index (χ0n) is 7.89. The van der Waals surface area contributed by atoms with Crippen LogP contribution in [0.25, 0.3) is 0 Å². The number of benzene rings is 1. The first-order valence-electron chi connectivity index (χ1n) is 4.20. The van der Waals surface area contributed by atoms with Crippen molar-refractivity contribution >= 4 is 19.9 Å². The minimum Gasteiger partial charge on any atom is -0.175 e. The molecule has 0 aliphatic carbocycles. The van der Waals surface area contributed by atoms with E-state index < -0.39 is 8.83 Å². The lowest BCUT2D eigenvalue weighted by atomic mass is 9.97. The zero-order chi connectivity index (χ0) is 9.19. The lowest BCUT2D eigenvalue weighted by Gasteiger charge is -2.23. The van der Waals surface area contributed by atoms with Crippen molar-refractivity contribution < 1.29 is 0 Å². The van der Waals surface area contributed by atoms with Gasteiger partial charge in [-0.2, -0.15) is 11.1 Å². The van der Waals surface area contributed by atoms with Gasteiger partial charge in [-0.1, -0.05) is 38.1 Å². The highest BCUT2D eigenvalue weighted by molar-refractivity contribution is 6.95. The van der Waals surface area contributed by atoms with E-state index in [9.17, 15) is 0 Å². The summed E-state index contributed by atoms with van der Waals surface area (Å²) in [5.41, 5.74) is 2.77. The van der Waals surface area contributed by atoms with Gasteiger partial charge < -0.3 is 0 Å². The molecule has 0 aromatic heterocycles. The molecule has 0 nitrogen and oxygen atoms in total. The van der Waals surface area contributed by atoms with Crippen LogP contribution in [0.4, 0.5) is 0 Å². The molecule has 0 amide bonds. The molecule has 12 heavy (non-hydrogen) atoms. The highest BCUT2D eigenvalue weighted by Crippen LogP contribution is 2.25. The second-order valence-electron chi connectivity index (χ2n) is 3.83. The van der Waals surface area contributed by atoms with E-state index in [1.807, 2.05) is 0 Å². The van der Waals surface area contributed by atoms with Crippen LogP contribution in [0.5, 0.6) is 0 Å². The van der Waals surface area contributed by atoms with Crippen molar-refractivity contribution in [1.82, 2.24) is 0 Å². The Morgan fingerprint density at radius 2 is 1.83 bits per heavy atom. The van der Waals surface area contributed by atoms with Gasteiger partial charge in [-0.15, -0.1) is 0 Å². The quantitative estimate of drug-likeness (QED) is 0.506. The van der Waals surface area contributed by atoms with Crippen molar-refractivity contribution in [3.63, 3.8) is 0 Å². The van der Waals surface area contributed by atoms with Gasteiger partial charge in [0.25, 0.3) is 0 Å². The summed E-state index contributed by atoms with van der Waals surface area (Å²) >= 11 is 6.04. The van der Waals surface area contributed by atoms with Gasteiger partial charge in [0.05, 0.1) is 0 Å². The standard InChI is InChI=1S/C10H15ClSi/c1-8-6-4-5-7-9(8)10(2,3)12-11/h4-7H,12H2,1-3H3. The molecule has 0 spiro atoms. The van der Waals surface area contributed by atoms with Gasteiger partial charge in [0.15, 0.2) is 0 Å². The molecule has 0 aliphatic rings. The Morgan fingerprint density at radius 3 is 2.33 bits per heavy atom. The Labute approximate surface area is 81.5 Å². The number of aryl methyl sites for hydroxylation is 1. The molecule has 2 heteroatoms. The Kier molecular flexibility index (Phi) is 2.97. The summed E-state index contributed by atoms with van der Waals surface area (Å²) in [6.45, 7) is 6.61. The van der Waals surface area contributed by atoms with Crippen molar-refractivity contribution in [2.24, 2.45) is 0 Å². The fourth-order valence-electron chi connectivity index (χ4n) is 1.40. The van der Waals surface area contributed by atoms with Crippen LogP contribution in [0.2, 0.25) is 0 Å². The highest BCUT2D eigenvalue weighted by atomic mass is 35.6. The maximum Gasteiger partial charge on any atom is 0.135 e. The van der Waals surface area contributed by atoms with Crippen molar-refractivity contribution in [3.8, 4) is 0 Å². The molecule has 66 valence electrons. The summed E-state index contributed by atoms with van der Waals surface area (Å²) in [4.78, 5) is 0. The Hall–Kier alpha value is -0.273. The van der Waals surface area contributed by atoms with Gasteiger partial charge in [-0.3, -0.25) is 0 Å². The highest BCUT2D eigenvalue weighted by Gasteiger charge is 2.20. The first kappa shape index (κ1) is 9.81. The molecular weight excluding hydrogens is 184 g/mol. The van der Waals surface area contributed by atoms with Crippen LogP contribution in [0.15, 0.2) is 24.3 Å². The van der Waals surface area contributed by atoms with E-state index in [2.05, 4.69) is 45.0 Å². The van der Waals surface area contributed by atoms with E-state index in [1.54, 1.807) is 0 Å². The molecule has 0 aliphatic heterocycles. The number of hydrogen-bond donors (Lipinski definition) is 0. The number of hydrogen-bond acceptors (Lipinski definition) is 0. The third kappa shape index (κ3) is 1.90. The molecule has 0 fully saturated rings. The molecule has 1 rings (SSSR count). The number of rotatable bonds is 2. The topological polar surface area (TPSA) is 0 Å². The molecule has 0 bridgehead atoms. The molecular formula is C10H15ClSi. The predicted molar refractivity (Wildman–Crippen MR) is 58.6 cm³/mol. The monoisotopic (exact) mass is 198 g/mol. The van der Waals surface area contributed by atoms with Crippen LogP contribution in [-0.4, -0.2) is 8.83 Å². The molecule has 0 saturated heterocycles. The molecule has 1 aromatic rings. The van der Waals surface area contributed by atoms with E-state index in [0.29, 0.717) is 0 Å². The first-order chi connectivity index (χ1) is 5.58. The molecule has 1 aromatic carbocycles. The lowest BCUT2D eigenvalue weighted by molar-refractivity contribution is 0.753. The third-order valence-corrected chi connectivity index (χ3v) is 5.26. The van der Waals surface area contributed by atoms with Crippen molar-refractivity contribution in [2.45, 2.75) is 25.8 Å². The summed E-state index contributed by atoms with van der Waals surface area (Å²) < 4.78 is 0. The average Bonchev–Trinajstić information content (AvgIpc) is 2.05. The lowest BCUT2D eigenvalue weighted by Crippen LogP contribution is -2.23. The summed E-state index contributed by atoms with van der Waals surface area (Å²) in [6.07, 6.45) is 0. The molecule has 0 atom stereocenters. The van der Waals surface area contributed by atoms with Crippen molar-refractivity contribution in [1.29, 1.82) is 0 Å². The van der Waals surface area contributed by atoms with E-state index in [1.165, 1.54) is 11.1 Å². The average molecular weight is 199 g/mol. The van der Waals surface area contributed by atoms with Gasteiger partial charge in [0.1, 0.15) is 8.83 Å². The second-order valence-corrected chi connectivity index (χ2v) is 6.67. The van der Waals surface area contributed by atoms with Crippen molar-refractivity contribution in [3.05, 3.63) is 35.4 Å². The van der Waals surface area contributed by atoms with E-state index in [-0.39, 0.29) is 5.04 Å². The van der Waals surface area contributed by atoms with Gasteiger partial charge in [-0.25, -0.2) is 0 Å². The van der Waals surface area contributed by atoms with E-state index in [4.69, 9.17) is 11.1 Å². The van der Waals surface area contributed by atoms with Crippen LogP contribution in [0.1, 0.15) is 25.0 Å². The maximum atomic E-state index is 6.04. The van der Waals surface area contributed by atoms with E-state index >= 15 is 0 Å². The predicted octanol–water partition coefficient (Wildman–Crippen LogP) is 2.55. The van der Waals surface area contributed by atoms with Crippen molar-refractivity contribution in [2.75, 3.05) is 0 Å². The Bertz CT molecular complexity index is 268. The van der Waals surface area contributed by atoms with Gasteiger partial charge in [-0.05, 0) is 23.1 Å². The molecule has 0 radical (unpaired) electrons. The molecule has 0 N–H and O–H groups in total. The summed E-state index contributed by atoms with van der Waals surface area (Å²) in [7, 11) is -0.506. The smallest absolute Gasteiger partial charge is 0.135 e. The molecule has 0 unspecified atom stereocenters. The van der Waals surface area contributed by atoms with E-state index in [0.717, 1.165) is 0 Å². The van der Waals surface area contributed by atoms with Crippen LogP contribution in [-0.2, 0) is 5.04 Å². The summed E-state index contributed by atoms with van der Waals surface area (Å²) in [6, 6.07) is 8.50. The SMILES string of the molecule is Cc1ccccc1C(C)(C)[SiH2]Cl. The summed E-state index contributed by atoms with van der Waals surface area (Å²) in [5.74, 6) is 0. The molecule has 0 saturated carbocycles. The van der Waals surface area contributed by atoms with Gasteiger partial charge in [0, 0.05) is 0 Å². The van der Waals surface area contributed by atoms with Crippen LogP contribution < -0.4 is 0 Å². The molecule has 0 heterocycles. The minimum absolute atomic E-state index is 0.229. The number of halogens is 1. The zero-order valence-corrected chi connectivity index (χ0v) is 10.1. The maximum absolute atomic E-state index is 6.04. The van der Waals surface area contributed by atoms with Crippen LogP contribution in [0.3, 0.4) is 0 Å². The second kappa shape index (κ2) is 3.63.